The van der Waals surface area contributed by atoms with Crippen molar-refractivity contribution in [1.29, 1.82) is 0 Å². The van der Waals surface area contributed by atoms with Crippen LogP contribution in [0.4, 0.5) is 5.69 Å². The molecule has 0 radical (unpaired) electrons. The van der Waals surface area contributed by atoms with E-state index >= 15 is 0 Å². The molecule has 0 N–H and O–H groups in total. The van der Waals surface area contributed by atoms with Gasteiger partial charge in [0.15, 0.2) is 0 Å². The number of rotatable bonds is 3. The minimum absolute atomic E-state index is 0.0346. The van der Waals surface area contributed by atoms with Crippen molar-refractivity contribution in [2.45, 2.75) is 4.83 Å². The molecule has 19 heavy (non-hydrogen) atoms. The van der Waals surface area contributed by atoms with E-state index < -0.39 is 22.5 Å². The van der Waals surface area contributed by atoms with Crippen LogP contribution in [0.3, 0.4) is 0 Å². The summed E-state index contributed by atoms with van der Waals surface area (Å²) < 4.78 is 5.22. The van der Waals surface area contributed by atoms with Crippen LogP contribution in [0.15, 0.2) is 22.7 Å². The molecule has 0 spiro atoms. The third-order valence-corrected chi connectivity index (χ3v) is 4.04. The van der Waals surface area contributed by atoms with Crippen molar-refractivity contribution in [3.63, 3.8) is 0 Å². The molecule has 1 heterocycles. The molecule has 100 valence electrons. The number of hydrogen-bond acceptors (Lipinski definition) is 4. The first-order valence-electron chi connectivity index (χ1n) is 5.34. The topological polar surface area (TPSA) is 63.7 Å². The summed E-state index contributed by atoms with van der Waals surface area (Å²) in [6.45, 7) is 0.0346. The Labute approximate surface area is 126 Å². The van der Waals surface area contributed by atoms with Gasteiger partial charge in [-0.05, 0) is 28.1 Å². The number of fused-ring (bicyclic) bond motifs is 1. The third-order valence-electron chi connectivity index (χ3n) is 2.74. The Kier molecular flexibility index (Phi) is 4.05. The number of methoxy groups -OCH3 is 1. The van der Waals surface area contributed by atoms with Gasteiger partial charge in [-0.3, -0.25) is 14.4 Å². The Hall–Kier alpha value is -1.21. The molecule has 0 bridgehead atoms. The second-order valence-electron chi connectivity index (χ2n) is 3.87. The van der Waals surface area contributed by atoms with Crippen molar-refractivity contribution in [1.82, 2.24) is 0 Å². The number of Topliss-reactive ketones (excluding diaryl/α,β-unsaturated/α-hetero) is 1. The molecule has 1 aliphatic rings. The minimum atomic E-state index is -0.688. The van der Waals surface area contributed by atoms with Crippen LogP contribution < -0.4 is 4.90 Å². The summed E-state index contributed by atoms with van der Waals surface area (Å²) in [5, 5.41) is 0. The lowest BCUT2D eigenvalue weighted by atomic mass is 10.1. The van der Waals surface area contributed by atoms with Gasteiger partial charge in [0.05, 0.1) is 18.4 Å². The van der Waals surface area contributed by atoms with E-state index in [0.717, 1.165) is 0 Å². The molecule has 1 amide bonds. The molecule has 1 unspecified atom stereocenters. The number of nitrogens with zero attached hydrogens (tertiary/aromatic N) is 1. The monoisotopic (exact) mass is 389 g/mol. The van der Waals surface area contributed by atoms with Crippen LogP contribution >= 0.6 is 31.9 Å². The summed E-state index contributed by atoms with van der Waals surface area (Å²) in [6, 6.07) is 5.00. The first kappa shape index (κ1) is 14.2. The lowest BCUT2D eigenvalue weighted by molar-refractivity contribution is -0.139. The zero-order chi connectivity index (χ0) is 14.2. The Morgan fingerprint density at radius 2 is 2.11 bits per heavy atom. The van der Waals surface area contributed by atoms with Gasteiger partial charge in [0.1, 0.15) is 4.83 Å². The van der Waals surface area contributed by atoms with Gasteiger partial charge in [0.25, 0.3) is 11.7 Å². The SMILES string of the molecule is COC(=O)C(Br)CN1C(=O)C(=O)c2cccc(Br)c21. The van der Waals surface area contributed by atoms with Crippen molar-refractivity contribution in [3.05, 3.63) is 28.2 Å². The summed E-state index contributed by atoms with van der Waals surface area (Å²) in [6.07, 6.45) is 0. The first-order valence-corrected chi connectivity index (χ1v) is 7.05. The van der Waals surface area contributed by atoms with Crippen LogP contribution in [0.2, 0.25) is 0 Å². The summed E-state index contributed by atoms with van der Waals surface area (Å²) in [7, 11) is 1.26. The van der Waals surface area contributed by atoms with Crippen LogP contribution in [-0.2, 0) is 14.3 Å². The molecule has 0 saturated heterocycles. The summed E-state index contributed by atoms with van der Waals surface area (Å²) in [5.41, 5.74) is 0.829. The maximum absolute atomic E-state index is 11.9. The van der Waals surface area contributed by atoms with Crippen molar-refractivity contribution in [2.75, 3.05) is 18.6 Å². The van der Waals surface area contributed by atoms with Crippen molar-refractivity contribution in [2.24, 2.45) is 0 Å². The number of anilines is 1. The van der Waals surface area contributed by atoms with Crippen molar-refractivity contribution in [3.8, 4) is 0 Å². The highest BCUT2D eigenvalue weighted by molar-refractivity contribution is 9.10. The maximum atomic E-state index is 11.9. The van der Waals surface area contributed by atoms with Crippen LogP contribution in [0.25, 0.3) is 0 Å². The predicted octanol–water partition coefficient (Wildman–Crippen LogP) is 1.91. The lowest BCUT2D eigenvalue weighted by Crippen LogP contribution is -2.38. The van der Waals surface area contributed by atoms with E-state index in [-0.39, 0.29) is 6.54 Å². The van der Waals surface area contributed by atoms with Gasteiger partial charge >= 0.3 is 5.97 Å². The van der Waals surface area contributed by atoms with E-state index in [0.29, 0.717) is 15.7 Å². The van der Waals surface area contributed by atoms with Gasteiger partial charge in [-0.2, -0.15) is 0 Å². The summed E-state index contributed by atoms with van der Waals surface area (Å²) >= 11 is 6.45. The Morgan fingerprint density at radius 3 is 2.74 bits per heavy atom. The number of benzene rings is 1. The number of halogens is 2. The molecule has 1 aromatic rings. The van der Waals surface area contributed by atoms with E-state index in [1.807, 2.05) is 0 Å². The van der Waals surface area contributed by atoms with E-state index in [4.69, 9.17) is 0 Å². The number of amides is 1. The van der Waals surface area contributed by atoms with Crippen LogP contribution in [0.5, 0.6) is 0 Å². The van der Waals surface area contributed by atoms with Gasteiger partial charge in [-0.15, -0.1) is 0 Å². The van der Waals surface area contributed by atoms with Crippen molar-refractivity contribution < 1.29 is 19.1 Å². The number of alkyl halides is 1. The molecule has 0 aliphatic carbocycles. The van der Waals surface area contributed by atoms with Gasteiger partial charge in [-0.25, -0.2) is 0 Å². The van der Waals surface area contributed by atoms with Gasteiger partial charge < -0.3 is 9.64 Å². The number of carbonyl (C=O) groups excluding carboxylic acids is 3. The largest absolute Gasteiger partial charge is 0.468 e. The highest BCUT2D eigenvalue weighted by Crippen LogP contribution is 2.36. The molecular weight excluding hydrogens is 382 g/mol. The number of ether oxygens (including phenoxy) is 1. The van der Waals surface area contributed by atoms with Crippen LogP contribution in [-0.4, -0.2) is 36.1 Å². The third kappa shape index (κ3) is 2.44. The van der Waals surface area contributed by atoms with E-state index in [1.165, 1.54) is 12.0 Å². The molecule has 0 saturated carbocycles. The zero-order valence-corrected chi connectivity index (χ0v) is 13.0. The van der Waals surface area contributed by atoms with Crippen LogP contribution in [0, 0.1) is 0 Å². The molecule has 1 atom stereocenters. The standard InChI is InChI=1S/C12H9Br2NO4/c1-19-12(18)8(14)5-15-9-6(10(16)11(15)17)3-2-4-7(9)13/h2-4,8H,5H2,1H3. The zero-order valence-electron chi connectivity index (χ0n) is 9.85. The highest BCUT2D eigenvalue weighted by Gasteiger charge is 2.38. The molecule has 2 rings (SSSR count). The molecule has 5 nitrogen and oxygen atoms in total. The number of ketones is 1. The fourth-order valence-corrected chi connectivity index (χ4v) is 2.91. The second-order valence-corrected chi connectivity index (χ2v) is 5.83. The second kappa shape index (κ2) is 5.42. The number of esters is 1. The van der Waals surface area contributed by atoms with Gasteiger partial charge in [-0.1, -0.05) is 22.0 Å². The maximum Gasteiger partial charge on any atom is 0.321 e. The summed E-state index contributed by atoms with van der Waals surface area (Å²) in [4.78, 5) is 35.7. The Bertz CT molecular complexity index is 573. The molecule has 1 aromatic carbocycles. The summed E-state index contributed by atoms with van der Waals surface area (Å²) in [5.74, 6) is -1.71. The molecule has 0 fully saturated rings. The Morgan fingerprint density at radius 1 is 1.42 bits per heavy atom. The van der Waals surface area contributed by atoms with Gasteiger partial charge in [0.2, 0.25) is 0 Å². The molecule has 0 aromatic heterocycles. The number of para-hydroxylation sites is 1. The fraction of sp³-hybridized carbons (Fsp3) is 0.250. The average Bonchev–Trinajstić information content (AvgIpc) is 2.64. The van der Waals surface area contributed by atoms with Gasteiger partial charge in [0, 0.05) is 11.0 Å². The fourth-order valence-electron chi connectivity index (χ4n) is 1.85. The Balaban J connectivity index is 2.36. The number of hydrogen-bond donors (Lipinski definition) is 0. The number of carbonyl (C=O) groups is 3. The smallest absolute Gasteiger partial charge is 0.321 e. The van der Waals surface area contributed by atoms with Crippen LogP contribution in [0.1, 0.15) is 10.4 Å². The molecule has 7 heteroatoms. The molecule has 1 aliphatic heterocycles. The minimum Gasteiger partial charge on any atom is -0.468 e. The quantitative estimate of drug-likeness (QED) is 0.449. The van der Waals surface area contributed by atoms with E-state index in [1.54, 1.807) is 18.2 Å². The lowest BCUT2D eigenvalue weighted by Gasteiger charge is -2.19. The molecular formula is C12H9Br2NO4. The average molecular weight is 391 g/mol. The van der Waals surface area contributed by atoms with E-state index in [2.05, 4.69) is 36.6 Å². The predicted molar refractivity (Wildman–Crippen MR) is 75.6 cm³/mol. The highest BCUT2D eigenvalue weighted by atomic mass is 79.9. The normalized spacial score (nSPS) is 15.4. The van der Waals surface area contributed by atoms with E-state index in [9.17, 15) is 14.4 Å². The van der Waals surface area contributed by atoms with Crippen molar-refractivity contribution >= 4 is 55.2 Å². The first-order chi connectivity index (χ1) is 8.97.